The monoisotopic (exact) mass is 260 g/mol. The van der Waals surface area contributed by atoms with E-state index in [-0.39, 0.29) is 6.04 Å². The number of rotatable bonds is 6. The molecule has 0 spiro atoms. The van der Waals surface area contributed by atoms with Gasteiger partial charge in [0.05, 0.1) is 24.3 Å². The van der Waals surface area contributed by atoms with Crippen molar-refractivity contribution in [3.8, 4) is 11.5 Å². The maximum absolute atomic E-state index is 5.92. The average Bonchev–Trinajstić information content (AvgIpc) is 2.86. The van der Waals surface area contributed by atoms with Crippen molar-refractivity contribution in [2.45, 2.75) is 39.3 Å². The van der Waals surface area contributed by atoms with Crippen LogP contribution in [0, 0.1) is 0 Å². The Morgan fingerprint density at radius 3 is 2.74 bits per heavy atom. The summed E-state index contributed by atoms with van der Waals surface area (Å²) < 4.78 is 7.55. The van der Waals surface area contributed by atoms with E-state index < -0.39 is 0 Å². The van der Waals surface area contributed by atoms with Gasteiger partial charge in [-0.3, -0.25) is 9.67 Å². The van der Waals surface area contributed by atoms with Crippen LogP contribution in [-0.4, -0.2) is 14.8 Å². The molecule has 0 fully saturated rings. The Balaban J connectivity index is 2.02. The molecule has 2 heterocycles. The first-order valence-electron chi connectivity index (χ1n) is 6.64. The smallest absolute Gasteiger partial charge is 0.165 e. The van der Waals surface area contributed by atoms with Crippen molar-refractivity contribution in [2.24, 2.45) is 5.73 Å². The molecule has 2 aromatic heterocycles. The van der Waals surface area contributed by atoms with Gasteiger partial charge in [0.15, 0.2) is 5.75 Å². The molecule has 0 aliphatic heterocycles. The van der Waals surface area contributed by atoms with Gasteiger partial charge in [0.1, 0.15) is 5.75 Å². The van der Waals surface area contributed by atoms with Crippen molar-refractivity contribution in [2.75, 3.05) is 0 Å². The predicted octanol–water partition coefficient (Wildman–Crippen LogP) is 2.89. The third-order valence-electron chi connectivity index (χ3n) is 2.88. The van der Waals surface area contributed by atoms with E-state index in [9.17, 15) is 0 Å². The second-order valence-electron chi connectivity index (χ2n) is 4.47. The third-order valence-corrected chi connectivity index (χ3v) is 2.88. The summed E-state index contributed by atoms with van der Waals surface area (Å²) in [5.74, 6) is 1.42. The van der Waals surface area contributed by atoms with Crippen LogP contribution >= 0.6 is 0 Å². The van der Waals surface area contributed by atoms with Gasteiger partial charge in [-0.1, -0.05) is 13.8 Å². The summed E-state index contributed by atoms with van der Waals surface area (Å²) >= 11 is 0. The van der Waals surface area contributed by atoms with Crippen molar-refractivity contribution in [3.05, 3.63) is 36.4 Å². The van der Waals surface area contributed by atoms with E-state index in [4.69, 9.17) is 10.5 Å². The summed E-state index contributed by atoms with van der Waals surface area (Å²) in [6, 6.07) is 3.77. The van der Waals surface area contributed by atoms with Gasteiger partial charge in [-0.15, -0.1) is 0 Å². The van der Waals surface area contributed by atoms with Gasteiger partial charge in [-0.05, 0) is 25.0 Å². The summed E-state index contributed by atoms with van der Waals surface area (Å²) in [6.45, 7) is 5.05. The highest BCUT2D eigenvalue weighted by molar-refractivity contribution is 5.27. The van der Waals surface area contributed by atoms with Crippen LogP contribution in [0.2, 0.25) is 0 Å². The second-order valence-corrected chi connectivity index (χ2v) is 4.47. The molecule has 2 rings (SSSR count). The highest BCUT2D eigenvalue weighted by Gasteiger charge is 2.06. The molecule has 0 aromatic carbocycles. The van der Waals surface area contributed by atoms with Crippen LogP contribution in [-0.2, 0) is 6.54 Å². The quantitative estimate of drug-likeness (QED) is 0.867. The normalized spacial score (nSPS) is 12.4. The van der Waals surface area contributed by atoms with Crippen molar-refractivity contribution >= 4 is 0 Å². The van der Waals surface area contributed by atoms with E-state index in [0.717, 1.165) is 30.8 Å². The zero-order valence-corrected chi connectivity index (χ0v) is 11.4. The van der Waals surface area contributed by atoms with Crippen molar-refractivity contribution in [1.82, 2.24) is 14.8 Å². The standard InChI is InChI=1S/C14H20N4O/c1-3-7-18-10-12(9-17-18)19-11-5-6-14(16-8-11)13(15)4-2/h5-6,8-10,13H,3-4,7,15H2,1-2H3/t13-/m0/s1. The lowest BCUT2D eigenvalue weighted by Gasteiger charge is -2.08. The summed E-state index contributed by atoms with van der Waals surface area (Å²) in [5.41, 5.74) is 6.80. The molecule has 0 aliphatic rings. The Kier molecular flexibility index (Phi) is 4.52. The first-order valence-corrected chi connectivity index (χ1v) is 6.64. The van der Waals surface area contributed by atoms with E-state index >= 15 is 0 Å². The van der Waals surface area contributed by atoms with E-state index in [1.165, 1.54) is 0 Å². The number of pyridine rings is 1. The molecular weight excluding hydrogens is 240 g/mol. The number of nitrogens with zero attached hydrogens (tertiary/aromatic N) is 3. The first kappa shape index (κ1) is 13.5. The summed E-state index contributed by atoms with van der Waals surface area (Å²) in [5, 5.41) is 4.21. The highest BCUT2D eigenvalue weighted by atomic mass is 16.5. The minimum absolute atomic E-state index is 0.0126. The van der Waals surface area contributed by atoms with E-state index in [0.29, 0.717) is 5.75 Å². The Morgan fingerprint density at radius 1 is 1.26 bits per heavy atom. The summed E-state index contributed by atoms with van der Waals surface area (Å²) in [4.78, 5) is 4.31. The van der Waals surface area contributed by atoms with Gasteiger partial charge < -0.3 is 10.5 Å². The number of aromatic nitrogens is 3. The molecule has 5 nitrogen and oxygen atoms in total. The lowest BCUT2D eigenvalue weighted by molar-refractivity contribution is 0.477. The Hall–Kier alpha value is -1.88. The molecule has 0 saturated heterocycles. The fourth-order valence-corrected chi connectivity index (χ4v) is 1.77. The van der Waals surface area contributed by atoms with Crippen LogP contribution in [0.25, 0.3) is 0 Å². The van der Waals surface area contributed by atoms with E-state index in [1.807, 2.05) is 29.9 Å². The van der Waals surface area contributed by atoms with Crippen LogP contribution < -0.4 is 10.5 Å². The lowest BCUT2D eigenvalue weighted by atomic mass is 10.1. The molecule has 1 atom stereocenters. The minimum atomic E-state index is -0.0126. The molecule has 19 heavy (non-hydrogen) atoms. The lowest BCUT2D eigenvalue weighted by Crippen LogP contribution is -2.10. The average molecular weight is 260 g/mol. The molecule has 5 heteroatoms. The minimum Gasteiger partial charge on any atom is -0.452 e. The summed E-state index contributed by atoms with van der Waals surface area (Å²) in [7, 11) is 0. The number of nitrogens with two attached hydrogens (primary N) is 1. The first-order chi connectivity index (χ1) is 9.22. The number of ether oxygens (including phenoxy) is 1. The van der Waals surface area contributed by atoms with Gasteiger partial charge in [0, 0.05) is 12.6 Å². The van der Waals surface area contributed by atoms with Crippen molar-refractivity contribution < 1.29 is 4.74 Å². The SMILES string of the molecule is CCCn1cc(Oc2ccc([C@@H](N)CC)nc2)cn1. The maximum atomic E-state index is 5.92. The van der Waals surface area contributed by atoms with Gasteiger partial charge in [-0.2, -0.15) is 5.10 Å². The predicted molar refractivity (Wildman–Crippen MR) is 74.0 cm³/mol. The Labute approximate surface area is 113 Å². The van der Waals surface area contributed by atoms with Gasteiger partial charge in [-0.25, -0.2) is 0 Å². The maximum Gasteiger partial charge on any atom is 0.165 e. The Bertz CT molecular complexity index is 506. The zero-order valence-electron chi connectivity index (χ0n) is 11.4. The fraction of sp³-hybridized carbons (Fsp3) is 0.429. The van der Waals surface area contributed by atoms with Crippen molar-refractivity contribution in [1.29, 1.82) is 0 Å². The van der Waals surface area contributed by atoms with E-state index in [2.05, 4.69) is 17.0 Å². The van der Waals surface area contributed by atoms with Crippen LogP contribution in [0.5, 0.6) is 11.5 Å². The topological polar surface area (TPSA) is 66.0 Å². The van der Waals surface area contributed by atoms with Crippen LogP contribution in [0.3, 0.4) is 0 Å². The number of hydrogen-bond donors (Lipinski definition) is 1. The molecule has 0 aliphatic carbocycles. The Morgan fingerprint density at radius 2 is 2.11 bits per heavy atom. The van der Waals surface area contributed by atoms with Gasteiger partial charge in [0.25, 0.3) is 0 Å². The summed E-state index contributed by atoms with van der Waals surface area (Å²) in [6.07, 6.45) is 7.21. The van der Waals surface area contributed by atoms with Gasteiger partial charge in [0.2, 0.25) is 0 Å². The number of hydrogen-bond acceptors (Lipinski definition) is 4. The highest BCUT2D eigenvalue weighted by Crippen LogP contribution is 2.21. The molecule has 0 unspecified atom stereocenters. The molecule has 2 aromatic rings. The van der Waals surface area contributed by atoms with Crippen molar-refractivity contribution in [3.63, 3.8) is 0 Å². The fourth-order valence-electron chi connectivity index (χ4n) is 1.77. The zero-order chi connectivity index (χ0) is 13.7. The molecular formula is C14H20N4O. The van der Waals surface area contributed by atoms with Gasteiger partial charge >= 0.3 is 0 Å². The number of aryl methyl sites for hydroxylation is 1. The third kappa shape index (κ3) is 3.54. The second kappa shape index (κ2) is 6.33. The molecule has 102 valence electrons. The molecule has 0 bridgehead atoms. The molecule has 0 radical (unpaired) electrons. The largest absolute Gasteiger partial charge is 0.452 e. The molecule has 0 amide bonds. The van der Waals surface area contributed by atoms with Crippen LogP contribution in [0.1, 0.15) is 38.4 Å². The van der Waals surface area contributed by atoms with Crippen LogP contribution in [0.15, 0.2) is 30.7 Å². The van der Waals surface area contributed by atoms with E-state index in [1.54, 1.807) is 12.4 Å². The molecule has 2 N–H and O–H groups in total. The van der Waals surface area contributed by atoms with Crippen LogP contribution in [0.4, 0.5) is 0 Å². The molecule has 0 saturated carbocycles.